The number of ether oxygens (including phenoxy) is 1. The van der Waals surface area contributed by atoms with Gasteiger partial charge in [-0.1, -0.05) is 6.58 Å². The number of benzene rings is 1. The van der Waals surface area contributed by atoms with Crippen LogP contribution in [-0.2, 0) is 17.9 Å². The Labute approximate surface area is 161 Å². The Morgan fingerprint density at radius 1 is 1.21 bits per heavy atom. The summed E-state index contributed by atoms with van der Waals surface area (Å²) in [6.07, 6.45) is 2.99. The molecular weight excluding hydrogens is 359 g/mol. The number of hydrogen-bond donors (Lipinski definition) is 0. The molecule has 0 atom stereocenters. The minimum Gasteiger partial charge on any atom is -0.481 e. The third kappa shape index (κ3) is 3.15. The highest BCUT2D eigenvalue weighted by molar-refractivity contribution is 5.88. The van der Waals surface area contributed by atoms with Crippen LogP contribution in [0.5, 0.6) is 5.88 Å². The lowest BCUT2D eigenvalue weighted by Gasteiger charge is -2.27. The summed E-state index contributed by atoms with van der Waals surface area (Å²) in [5, 5.41) is 4.77. The van der Waals surface area contributed by atoms with Crippen molar-refractivity contribution in [2.24, 2.45) is 0 Å². The van der Waals surface area contributed by atoms with E-state index in [-0.39, 0.29) is 11.7 Å². The van der Waals surface area contributed by atoms with Crippen LogP contribution in [0.1, 0.15) is 5.69 Å². The van der Waals surface area contributed by atoms with E-state index in [0.29, 0.717) is 25.5 Å². The number of carbonyl (C=O) groups excluding carboxylic acids is 1. The number of rotatable bonds is 4. The molecule has 1 aliphatic heterocycles. The molecule has 2 aromatic heterocycles. The highest BCUT2D eigenvalue weighted by Crippen LogP contribution is 2.37. The topological polar surface area (TPSA) is 60.2 Å². The molecule has 0 unspecified atom stereocenters. The zero-order chi connectivity index (χ0) is 19.7. The molecule has 0 fully saturated rings. The number of aromatic nitrogens is 3. The van der Waals surface area contributed by atoms with Crippen molar-refractivity contribution in [1.29, 1.82) is 0 Å². The molecule has 0 spiro atoms. The molecule has 142 valence electrons. The van der Waals surface area contributed by atoms with Crippen LogP contribution in [0.3, 0.4) is 0 Å². The first kappa shape index (κ1) is 17.9. The fourth-order valence-electron chi connectivity index (χ4n) is 3.42. The summed E-state index contributed by atoms with van der Waals surface area (Å²) in [6, 6.07) is 9.95. The summed E-state index contributed by atoms with van der Waals surface area (Å²) < 4.78 is 20.6. The van der Waals surface area contributed by atoms with Crippen LogP contribution in [0.15, 0.2) is 55.3 Å². The highest BCUT2D eigenvalue weighted by atomic mass is 19.1. The predicted molar refractivity (Wildman–Crippen MR) is 103 cm³/mol. The molecule has 28 heavy (non-hydrogen) atoms. The second-order valence-corrected chi connectivity index (χ2v) is 6.45. The van der Waals surface area contributed by atoms with Crippen LogP contribution in [-0.4, -0.2) is 39.2 Å². The van der Waals surface area contributed by atoms with Gasteiger partial charge in [-0.25, -0.2) is 9.37 Å². The van der Waals surface area contributed by atoms with Gasteiger partial charge in [0, 0.05) is 29.9 Å². The van der Waals surface area contributed by atoms with Crippen molar-refractivity contribution < 1.29 is 13.9 Å². The van der Waals surface area contributed by atoms with Gasteiger partial charge in [-0.15, -0.1) is 0 Å². The second-order valence-electron chi connectivity index (χ2n) is 6.45. The van der Waals surface area contributed by atoms with Crippen molar-refractivity contribution in [3.05, 3.63) is 66.8 Å². The van der Waals surface area contributed by atoms with E-state index in [9.17, 15) is 9.18 Å². The van der Waals surface area contributed by atoms with Gasteiger partial charge in [0.1, 0.15) is 11.5 Å². The van der Waals surface area contributed by atoms with Crippen LogP contribution < -0.4 is 4.74 Å². The third-order valence-corrected chi connectivity index (χ3v) is 4.82. The van der Waals surface area contributed by atoms with E-state index in [0.717, 1.165) is 28.1 Å². The summed E-state index contributed by atoms with van der Waals surface area (Å²) in [5.41, 5.74) is 4.20. The zero-order valence-electron chi connectivity index (χ0n) is 15.4. The summed E-state index contributed by atoms with van der Waals surface area (Å²) >= 11 is 0. The molecule has 1 aromatic carbocycles. The van der Waals surface area contributed by atoms with Crippen LogP contribution >= 0.6 is 0 Å². The Kier molecular flexibility index (Phi) is 4.65. The molecule has 6 nitrogen and oxygen atoms in total. The smallest absolute Gasteiger partial charge is 0.246 e. The van der Waals surface area contributed by atoms with Gasteiger partial charge in [-0.3, -0.25) is 9.48 Å². The molecule has 0 N–H and O–H groups in total. The quantitative estimate of drug-likeness (QED) is 0.654. The first-order valence-electron chi connectivity index (χ1n) is 8.88. The molecule has 3 heterocycles. The van der Waals surface area contributed by atoms with Gasteiger partial charge in [0.25, 0.3) is 0 Å². The minimum atomic E-state index is -0.303. The van der Waals surface area contributed by atoms with Gasteiger partial charge in [0.05, 0.1) is 25.9 Å². The molecule has 0 bridgehead atoms. The van der Waals surface area contributed by atoms with Crippen LogP contribution in [0.25, 0.3) is 22.4 Å². The molecule has 0 saturated carbocycles. The van der Waals surface area contributed by atoms with Crippen molar-refractivity contribution in [2.45, 2.75) is 13.1 Å². The van der Waals surface area contributed by atoms with Gasteiger partial charge >= 0.3 is 0 Å². The van der Waals surface area contributed by atoms with Crippen molar-refractivity contribution >= 4 is 5.91 Å². The molecule has 3 aromatic rings. The molecule has 0 aliphatic carbocycles. The summed E-state index contributed by atoms with van der Waals surface area (Å²) in [5.74, 6) is 0.0639. The van der Waals surface area contributed by atoms with E-state index < -0.39 is 0 Å². The normalized spacial score (nSPS) is 13.1. The first-order valence-corrected chi connectivity index (χ1v) is 8.88. The number of hydrogen-bond acceptors (Lipinski definition) is 4. The number of pyridine rings is 1. The zero-order valence-corrected chi connectivity index (χ0v) is 15.4. The monoisotopic (exact) mass is 378 g/mol. The molecule has 7 heteroatoms. The first-order chi connectivity index (χ1) is 13.6. The molecule has 0 saturated heterocycles. The van der Waals surface area contributed by atoms with E-state index >= 15 is 0 Å². The van der Waals surface area contributed by atoms with Crippen LogP contribution in [0.4, 0.5) is 4.39 Å². The minimum absolute atomic E-state index is 0.117. The third-order valence-electron chi connectivity index (χ3n) is 4.82. The number of amides is 1. The maximum Gasteiger partial charge on any atom is 0.246 e. The van der Waals surface area contributed by atoms with E-state index in [1.165, 1.54) is 18.2 Å². The Hall–Kier alpha value is -3.48. The maximum atomic E-state index is 13.4. The largest absolute Gasteiger partial charge is 0.481 e. The van der Waals surface area contributed by atoms with E-state index in [4.69, 9.17) is 9.84 Å². The van der Waals surface area contributed by atoms with E-state index in [1.807, 2.05) is 16.8 Å². The Bertz CT molecular complexity index is 1040. The van der Waals surface area contributed by atoms with Crippen LogP contribution in [0, 0.1) is 5.82 Å². The SMILES string of the molecule is C=CC(=O)N1CCn2nc(-c3ccc(F)cc3)c(-c3ccnc(OC)c3)c2C1. The molecular formula is C21H19FN4O2. The van der Waals surface area contributed by atoms with Crippen LogP contribution in [0.2, 0.25) is 0 Å². The number of methoxy groups -OCH3 is 1. The molecule has 1 aliphatic rings. The Morgan fingerprint density at radius 3 is 2.71 bits per heavy atom. The van der Waals surface area contributed by atoms with Gasteiger partial charge in [-0.05, 0) is 42.0 Å². The average Bonchev–Trinajstić information content (AvgIpc) is 3.12. The number of fused-ring (bicyclic) bond motifs is 1. The lowest BCUT2D eigenvalue weighted by molar-refractivity contribution is -0.127. The molecule has 4 rings (SSSR count). The standard InChI is InChI=1S/C21H19FN4O2/c1-3-19(27)25-10-11-26-17(13-25)20(15-8-9-23-18(12-15)28-2)21(24-26)14-4-6-16(22)7-5-14/h3-9,12H,1,10-11,13H2,2H3. The van der Waals surface area contributed by atoms with Crippen molar-refractivity contribution in [3.8, 4) is 28.3 Å². The average molecular weight is 378 g/mol. The summed E-state index contributed by atoms with van der Waals surface area (Å²) in [6.45, 7) is 5.13. The predicted octanol–water partition coefficient (Wildman–Crippen LogP) is 3.29. The van der Waals surface area contributed by atoms with Gasteiger partial charge in [0.15, 0.2) is 0 Å². The molecule has 1 amide bonds. The Balaban J connectivity index is 1.90. The summed E-state index contributed by atoms with van der Waals surface area (Å²) in [7, 11) is 1.56. The van der Waals surface area contributed by atoms with Crippen molar-refractivity contribution in [1.82, 2.24) is 19.7 Å². The fraction of sp³-hybridized carbons (Fsp3) is 0.190. The number of nitrogens with zero attached hydrogens (tertiary/aromatic N) is 4. The number of halogens is 1. The van der Waals surface area contributed by atoms with E-state index in [2.05, 4.69) is 11.6 Å². The summed E-state index contributed by atoms with van der Waals surface area (Å²) in [4.78, 5) is 18.1. The van der Waals surface area contributed by atoms with E-state index in [1.54, 1.807) is 30.3 Å². The molecule has 0 radical (unpaired) electrons. The van der Waals surface area contributed by atoms with Gasteiger partial charge < -0.3 is 9.64 Å². The van der Waals surface area contributed by atoms with Gasteiger partial charge in [-0.2, -0.15) is 5.10 Å². The van der Waals surface area contributed by atoms with Crippen molar-refractivity contribution in [2.75, 3.05) is 13.7 Å². The van der Waals surface area contributed by atoms with Gasteiger partial charge in [0.2, 0.25) is 11.8 Å². The Morgan fingerprint density at radius 2 is 2.00 bits per heavy atom. The highest BCUT2D eigenvalue weighted by Gasteiger charge is 2.27. The fourth-order valence-corrected chi connectivity index (χ4v) is 3.42. The lowest BCUT2D eigenvalue weighted by Crippen LogP contribution is -2.37. The van der Waals surface area contributed by atoms with Crippen molar-refractivity contribution in [3.63, 3.8) is 0 Å². The lowest BCUT2D eigenvalue weighted by atomic mass is 9.98. The second kappa shape index (κ2) is 7.26. The maximum absolute atomic E-state index is 13.4. The number of carbonyl (C=O) groups is 1.